The van der Waals surface area contributed by atoms with Crippen molar-refractivity contribution in [3.63, 3.8) is 0 Å². The van der Waals surface area contributed by atoms with Crippen molar-refractivity contribution >= 4 is 43.4 Å². The molecule has 0 bridgehead atoms. The highest BCUT2D eigenvalue weighted by molar-refractivity contribution is 9.10. The smallest absolute Gasteiger partial charge is 0.438 e. The van der Waals surface area contributed by atoms with Gasteiger partial charge in [0.05, 0.1) is 12.2 Å². The van der Waals surface area contributed by atoms with Gasteiger partial charge in [0.2, 0.25) is 0 Å². The Bertz CT molecular complexity index is 1100. The van der Waals surface area contributed by atoms with Gasteiger partial charge < -0.3 is 4.74 Å². The number of alkyl halides is 4. The number of esters is 1. The molecule has 148 valence electrons. The van der Waals surface area contributed by atoms with E-state index in [2.05, 4.69) is 20.7 Å². The summed E-state index contributed by atoms with van der Waals surface area (Å²) in [6.07, 6.45) is -5.94. The summed E-state index contributed by atoms with van der Waals surface area (Å²) in [5.41, 5.74) is -7.03. The van der Waals surface area contributed by atoms with Crippen LogP contribution in [0.3, 0.4) is 0 Å². The fourth-order valence-corrected chi connectivity index (χ4v) is 3.53. The predicted molar refractivity (Wildman–Crippen MR) is 94.5 cm³/mol. The minimum Gasteiger partial charge on any atom is -0.463 e. The zero-order valence-electron chi connectivity index (χ0n) is 14.1. The van der Waals surface area contributed by atoms with E-state index in [1.54, 1.807) is 12.1 Å². The van der Waals surface area contributed by atoms with Crippen molar-refractivity contribution in [3.8, 4) is 0 Å². The summed E-state index contributed by atoms with van der Waals surface area (Å²) >= 11 is 3.27. The van der Waals surface area contributed by atoms with Gasteiger partial charge in [-0.15, -0.1) is 0 Å². The van der Waals surface area contributed by atoms with Crippen LogP contribution >= 0.6 is 15.9 Å². The van der Waals surface area contributed by atoms with Crippen LogP contribution in [0.4, 0.5) is 26.3 Å². The van der Waals surface area contributed by atoms with Gasteiger partial charge in [0, 0.05) is 9.86 Å². The highest BCUT2D eigenvalue weighted by atomic mass is 79.9. The van der Waals surface area contributed by atoms with Gasteiger partial charge >= 0.3 is 17.8 Å². The highest BCUT2D eigenvalue weighted by Crippen LogP contribution is 2.47. The summed E-state index contributed by atoms with van der Waals surface area (Å²) in [4.78, 5) is 11.8. The third kappa shape index (κ3) is 2.92. The molecule has 0 saturated heterocycles. The zero-order chi connectivity index (χ0) is 20.9. The van der Waals surface area contributed by atoms with Crippen LogP contribution in [0.15, 0.2) is 40.9 Å². The summed E-state index contributed by atoms with van der Waals surface area (Å²) < 4.78 is 89.5. The molecule has 0 fully saturated rings. The maximum atomic E-state index is 15.0. The Hall–Kier alpha value is -2.29. The fourth-order valence-electron chi connectivity index (χ4n) is 3.03. The van der Waals surface area contributed by atoms with Crippen LogP contribution in [0, 0.1) is 11.6 Å². The summed E-state index contributed by atoms with van der Waals surface area (Å²) in [5.74, 6) is -6.08. The van der Waals surface area contributed by atoms with E-state index in [4.69, 9.17) is 0 Å². The number of fused-ring (bicyclic) bond motifs is 3. The standard InChI is InChI=1S/C19H11BrF6O2/c1-2-28-17(27)18(23,19(24,25)26)15-14(21)8-12-9-4-3-5-13(20)10(9)6-7-11(12)16(15)22/h3-8H,2H2,1H3/t18-/m1/s1. The molecule has 0 unspecified atom stereocenters. The van der Waals surface area contributed by atoms with Gasteiger partial charge in [0.1, 0.15) is 11.6 Å². The largest absolute Gasteiger partial charge is 0.463 e. The van der Waals surface area contributed by atoms with Gasteiger partial charge in [-0.25, -0.2) is 18.0 Å². The highest BCUT2D eigenvalue weighted by Gasteiger charge is 2.66. The number of rotatable bonds is 3. The molecule has 0 aliphatic carbocycles. The van der Waals surface area contributed by atoms with Crippen LogP contribution < -0.4 is 0 Å². The molecule has 0 N–H and O–H groups in total. The topological polar surface area (TPSA) is 26.3 Å². The van der Waals surface area contributed by atoms with Crippen LogP contribution in [-0.2, 0) is 15.2 Å². The summed E-state index contributed by atoms with van der Waals surface area (Å²) in [6, 6.07) is 7.84. The Morgan fingerprint density at radius 1 is 1.00 bits per heavy atom. The summed E-state index contributed by atoms with van der Waals surface area (Å²) in [5, 5.41) is 0.363. The van der Waals surface area contributed by atoms with Crippen molar-refractivity contribution in [2.75, 3.05) is 6.61 Å². The summed E-state index contributed by atoms with van der Waals surface area (Å²) in [7, 11) is 0. The molecule has 0 aromatic heterocycles. The van der Waals surface area contributed by atoms with Crippen molar-refractivity contribution in [1.82, 2.24) is 0 Å². The second kappa shape index (κ2) is 6.95. The maximum Gasteiger partial charge on any atom is 0.438 e. The monoisotopic (exact) mass is 464 g/mol. The lowest BCUT2D eigenvalue weighted by Gasteiger charge is -2.27. The first-order valence-electron chi connectivity index (χ1n) is 7.96. The molecular weight excluding hydrogens is 454 g/mol. The Morgan fingerprint density at radius 2 is 1.64 bits per heavy atom. The minimum atomic E-state index is -5.94. The lowest BCUT2D eigenvalue weighted by atomic mass is 9.90. The van der Waals surface area contributed by atoms with Crippen molar-refractivity contribution in [1.29, 1.82) is 0 Å². The molecule has 3 aromatic rings. The molecule has 2 nitrogen and oxygen atoms in total. The molecule has 0 saturated carbocycles. The quantitative estimate of drug-likeness (QED) is 0.257. The number of carbonyl (C=O) groups excluding carboxylic acids is 1. The molecule has 0 amide bonds. The van der Waals surface area contributed by atoms with Gasteiger partial charge in [-0.2, -0.15) is 13.2 Å². The molecule has 3 aromatic carbocycles. The average Bonchev–Trinajstić information content (AvgIpc) is 2.61. The van der Waals surface area contributed by atoms with Gasteiger partial charge in [-0.1, -0.05) is 40.2 Å². The minimum absolute atomic E-state index is 0.0640. The molecule has 0 aliphatic rings. The van der Waals surface area contributed by atoms with Crippen LogP contribution in [0.5, 0.6) is 0 Å². The lowest BCUT2D eigenvalue weighted by Crippen LogP contribution is -2.47. The van der Waals surface area contributed by atoms with Crippen LogP contribution in [0.1, 0.15) is 12.5 Å². The van der Waals surface area contributed by atoms with Gasteiger partial charge in [-0.3, -0.25) is 0 Å². The number of hydrogen-bond acceptors (Lipinski definition) is 2. The molecule has 0 spiro atoms. The van der Waals surface area contributed by atoms with Crippen LogP contribution in [0.25, 0.3) is 21.5 Å². The van der Waals surface area contributed by atoms with Gasteiger partial charge in [0.15, 0.2) is 0 Å². The molecule has 3 rings (SSSR count). The van der Waals surface area contributed by atoms with E-state index in [-0.39, 0.29) is 5.39 Å². The predicted octanol–water partition coefficient (Wildman–Crippen LogP) is 6.32. The van der Waals surface area contributed by atoms with Crippen molar-refractivity contribution in [2.45, 2.75) is 18.8 Å². The first-order valence-corrected chi connectivity index (χ1v) is 8.75. The first-order chi connectivity index (χ1) is 13.0. The van der Waals surface area contributed by atoms with Crippen LogP contribution in [0.2, 0.25) is 0 Å². The zero-order valence-corrected chi connectivity index (χ0v) is 15.7. The van der Waals surface area contributed by atoms with E-state index in [0.717, 1.165) is 13.0 Å². The molecule has 0 aliphatic heterocycles. The van der Waals surface area contributed by atoms with E-state index >= 15 is 0 Å². The fraction of sp³-hybridized carbons (Fsp3) is 0.211. The van der Waals surface area contributed by atoms with E-state index in [0.29, 0.717) is 21.3 Å². The molecule has 9 heteroatoms. The summed E-state index contributed by atoms with van der Waals surface area (Å²) in [6.45, 7) is 0.544. The average molecular weight is 465 g/mol. The van der Waals surface area contributed by atoms with Crippen molar-refractivity contribution in [2.24, 2.45) is 0 Å². The number of hydrogen-bond donors (Lipinski definition) is 0. The molecule has 0 radical (unpaired) electrons. The van der Waals surface area contributed by atoms with Gasteiger partial charge in [0.25, 0.3) is 0 Å². The third-order valence-electron chi connectivity index (χ3n) is 4.31. The lowest BCUT2D eigenvalue weighted by molar-refractivity contribution is -0.244. The van der Waals surface area contributed by atoms with Gasteiger partial charge in [-0.05, 0) is 35.2 Å². The van der Waals surface area contributed by atoms with Crippen molar-refractivity contribution in [3.05, 3.63) is 58.1 Å². The Kier molecular flexibility index (Phi) is 5.07. The number of carbonyl (C=O) groups is 1. The number of ether oxygens (including phenoxy) is 1. The second-order valence-electron chi connectivity index (χ2n) is 5.92. The molecule has 1 atom stereocenters. The normalized spacial score (nSPS) is 14.3. The molecular formula is C19H11BrF6O2. The van der Waals surface area contributed by atoms with Crippen LogP contribution in [-0.4, -0.2) is 18.8 Å². The Labute approximate surface area is 163 Å². The SMILES string of the molecule is CCOC(=O)[C@](F)(c1c(F)cc2c(ccc3c(Br)cccc32)c1F)C(F)(F)F. The maximum absolute atomic E-state index is 15.0. The number of halogens is 7. The molecule has 28 heavy (non-hydrogen) atoms. The van der Waals surface area contributed by atoms with E-state index in [1.807, 2.05) is 0 Å². The Balaban J connectivity index is 2.42. The Morgan fingerprint density at radius 3 is 2.25 bits per heavy atom. The third-order valence-corrected chi connectivity index (χ3v) is 5.00. The van der Waals surface area contributed by atoms with E-state index < -0.39 is 47.0 Å². The first kappa shape index (κ1) is 20.4. The van der Waals surface area contributed by atoms with E-state index in [1.165, 1.54) is 12.1 Å². The van der Waals surface area contributed by atoms with E-state index in [9.17, 15) is 31.1 Å². The number of benzene rings is 3. The second-order valence-corrected chi connectivity index (χ2v) is 6.77. The molecule has 0 heterocycles. The van der Waals surface area contributed by atoms with Crippen molar-refractivity contribution < 1.29 is 35.9 Å².